The minimum Gasteiger partial charge on any atom is -0.378 e. The van der Waals surface area contributed by atoms with Crippen LogP contribution in [0.5, 0.6) is 0 Å². The summed E-state index contributed by atoms with van der Waals surface area (Å²) in [5.74, 6) is 0. The Balaban J connectivity index is 1.95. The average Bonchev–Trinajstić information content (AvgIpc) is 2.71. The standard InChI is InChI=1S/C13H17ClN2O/c14-11-8-10-9(1-2-12(10)15)7-13(11)16-3-5-17-6-4-16/h7-8,12H,1-6,15H2/t12-/m1/s1. The summed E-state index contributed by atoms with van der Waals surface area (Å²) in [6.45, 7) is 3.41. The second-order valence-corrected chi connectivity index (χ2v) is 5.15. The van der Waals surface area contributed by atoms with Crippen LogP contribution in [-0.2, 0) is 11.2 Å². The van der Waals surface area contributed by atoms with Crippen LogP contribution in [0.25, 0.3) is 0 Å². The Morgan fingerprint density at radius 2 is 2.06 bits per heavy atom. The first-order valence-electron chi connectivity index (χ1n) is 6.16. The van der Waals surface area contributed by atoms with Crippen molar-refractivity contribution in [1.29, 1.82) is 0 Å². The maximum Gasteiger partial charge on any atom is 0.0643 e. The molecule has 0 radical (unpaired) electrons. The Labute approximate surface area is 106 Å². The fourth-order valence-corrected chi connectivity index (χ4v) is 2.99. The van der Waals surface area contributed by atoms with Gasteiger partial charge in [-0.25, -0.2) is 0 Å². The second kappa shape index (κ2) is 4.48. The predicted octanol–water partition coefficient (Wildman–Crippen LogP) is 2.12. The van der Waals surface area contributed by atoms with Crippen molar-refractivity contribution in [2.75, 3.05) is 31.2 Å². The number of halogens is 1. The topological polar surface area (TPSA) is 38.5 Å². The van der Waals surface area contributed by atoms with E-state index < -0.39 is 0 Å². The second-order valence-electron chi connectivity index (χ2n) is 4.75. The van der Waals surface area contributed by atoms with E-state index in [9.17, 15) is 0 Å². The highest BCUT2D eigenvalue weighted by atomic mass is 35.5. The number of aryl methyl sites for hydroxylation is 1. The number of rotatable bonds is 1. The Bertz CT molecular complexity index is 430. The van der Waals surface area contributed by atoms with Gasteiger partial charge in [0, 0.05) is 19.1 Å². The molecule has 1 aliphatic carbocycles. The lowest BCUT2D eigenvalue weighted by Crippen LogP contribution is -2.36. The Kier molecular flexibility index (Phi) is 2.99. The first-order valence-corrected chi connectivity index (χ1v) is 6.54. The SMILES string of the molecule is N[C@@H]1CCc2cc(N3CCOCC3)c(Cl)cc21. The van der Waals surface area contributed by atoms with E-state index in [2.05, 4.69) is 17.0 Å². The molecule has 0 saturated carbocycles. The van der Waals surface area contributed by atoms with Crippen LogP contribution in [0.3, 0.4) is 0 Å². The number of hydrogen-bond donors (Lipinski definition) is 1. The van der Waals surface area contributed by atoms with Crippen molar-refractivity contribution in [2.45, 2.75) is 18.9 Å². The number of hydrogen-bond acceptors (Lipinski definition) is 3. The van der Waals surface area contributed by atoms with E-state index in [0.717, 1.165) is 49.9 Å². The van der Waals surface area contributed by atoms with Gasteiger partial charge < -0.3 is 15.4 Å². The quantitative estimate of drug-likeness (QED) is 0.832. The van der Waals surface area contributed by atoms with Crippen LogP contribution in [-0.4, -0.2) is 26.3 Å². The van der Waals surface area contributed by atoms with E-state index in [0.29, 0.717) is 0 Å². The molecule has 1 atom stereocenters. The smallest absolute Gasteiger partial charge is 0.0643 e. The highest BCUT2D eigenvalue weighted by Crippen LogP contribution is 2.37. The third-order valence-corrected chi connectivity index (χ3v) is 3.99. The lowest BCUT2D eigenvalue weighted by Gasteiger charge is -2.30. The highest BCUT2D eigenvalue weighted by Gasteiger charge is 2.23. The molecule has 1 saturated heterocycles. The molecule has 1 aliphatic heterocycles. The molecule has 0 aromatic heterocycles. The molecule has 0 unspecified atom stereocenters. The summed E-state index contributed by atoms with van der Waals surface area (Å²) in [5, 5.41) is 0.822. The number of nitrogens with zero attached hydrogens (tertiary/aromatic N) is 1. The number of fused-ring (bicyclic) bond motifs is 1. The van der Waals surface area contributed by atoms with Crippen LogP contribution < -0.4 is 10.6 Å². The van der Waals surface area contributed by atoms with Crippen LogP contribution in [0.1, 0.15) is 23.6 Å². The van der Waals surface area contributed by atoms with Crippen molar-refractivity contribution in [3.63, 3.8) is 0 Å². The van der Waals surface area contributed by atoms with Gasteiger partial charge in [0.05, 0.1) is 23.9 Å². The van der Waals surface area contributed by atoms with E-state index >= 15 is 0 Å². The van der Waals surface area contributed by atoms with E-state index in [4.69, 9.17) is 22.1 Å². The summed E-state index contributed by atoms with van der Waals surface area (Å²) in [7, 11) is 0. The fraction of sp³-hybridized carbons (Fsp3) is 0.538. The van der Waals surface area contributed by atoms with Gasteiger partial charge in [-0.1, -0.05) is 11.6 Å². The van der Waals surface area contributed by atoms with Crippen molar-refractivity contribution >= 4 is 17.3 Å². The number of anilines is 1. The molecule has 0 spiro atoms. The van der Waals surface area contributed by atoms with Crippen LogP contribution in [0.4, 0.5) is 5.69 Å². The van der Waals surface area contributed by atoms with Gasteiger partial charge in [-0.2, -0.15) is 0 Å². The molecule has 0 bridgehead atoms. The minimum absolute atomic E-state index is 0.168. The summed E-state index contributed by atoms with van der Waals surface area (Å²) < 4.78 is 5.37. The molecule has 4 heteroatoms. The molecule has 1 aromatic rings. The first-order chi connectivity index (χ1) is 8.25. The van der Waals surface area contributed by atoms with Gasteiger partial charge in [0.1, 0.15) is 0 Å². The maximum atomic E-state index is 6.37. The molecule has 2 N–H and O–H groups in total. The van der Waals surface area contributed by atoms with Gasteiger partial charge >= 0.3 is 0 Å². The zero-order chi connectivity index (χ0) is 11.8. The fourth-order valence-electron chi connectivity index (χ4n) is 2.70. The Morgan fingerprint density at radius 1 is 1.29 bits per heavy atom. The third-order valence-electron chi connectivity index (χ3n) is 3.68. The molecule has 1 fully saturated rings. The summed E-state index contributed by atoms with van der Waals surface area (Å²) in [6.07, 6.45) is 2.11. The van der Waals surface area contributed by atoms with Gasteiger partial charge in [0.15, 0.2) is 0 Å². The minimum atomic E-state index is 0.168. The Morgan fingerprint density at radius 3 is 2.82 bits per heavy atom. The molecule has 17 heavy (non-hydrogen) atoms. The van der Waals surface area contributed by atoms with Gasteiger partial charge in [0.2, 0.25) is 0 Å². The van der Waals surface area contributed by atoms with E-state index in [-0.39, 0.29) is 6.04 Å². The molecule has 92 valence electrons. The van der Waals surface area contributed by atoms with Crippen LogP contribution >= 0.6 is 11.6 Å². The van der Waals surface area contributed by atoms with E-state index in [1.807, 2.05) is 0 Å². The molecule has 0 amide bonds. The third kappa shape index (κ3) is 2.03. The molecule has 3 rings (SSSR count). The molecular formula is C13H17ClN2O. The molecule has 3 nitrogen and oxygen atoms in total. The molecule has 1 aromatic carbocycles. The average molecular weight is 253 g/mol. The number of benzene rings is 1. The predicted molar refractivity (Wildman–Crippen MR) is 69.7 cm³/mol. The number of nitrogens with two attached hydrogens (primary N) is 1. The van der Waals surface area contributed by atoms with Gasteiger partial charge in [-0.05, 0) is 36.1 Å². The van der Waals surface area contributed by atoms with Crippen LogP contribution in [0.2, 0.25) is 5.02 Å². The van der Waals surface area contributed by atoms with E-state index in [1.165, 1.54) is 11.1 Å². The largest absolute Gasteiger partial charge is 0.378 e. The lowest BCUT2D eigenvalue weighted by molar-refractivity contribution is 0.122. The molecular weight excluding hydrogens is 236 g/mol. The van der Waals surface area contributed by atoms with Crippen molar-refractivity contribution in [3.8, 4) is 0 Å². The Hall–Kier alpha value is -0.770. The van der Waals surface area contributed by atoms with Gasteiger partial charge in [-0.15, -0.1) is 0 Å². The van der Waals surface area contributed by atoms with Crippen molar-refractivity contribution in [1.82, 2.24) is 0 Å². The van der Waals surface area contributed by atoms with Gasteiger partial charge in [0.25, 0.3) is 0 Å². The highest BCUT2D eigenvalue weighted by molar-refractivity contribution is 6.33. The molecule has 2 aliphatic rings. The van der Waals surface area contributed by atoms with Gasteiger partial charge in [-0.3, -0.25) is 0 Å². The first kappa shape index (κ1) is 11.3. The summed E-state index contributed by atoms with van der Waals surface area (Å²) >= 11 is 6.37. The van der Waals surface area contributed by atoms with Crippen molar-refractivity contribution < 1.29 is 4.74 Å². The monoisotopic (exact) mass is 252 g/mol. The van der Waals surface area contributed by atoms with Crippen LogP contribution in [0, 0.1) is 0 Å². The van der Waals surface area contributed by atoms with Crippen LogP contribution in [0.15, 0.2) is 12.1 Å². The van der Waals surface area contributed by atoms with Crippen molar-refractivity contribution in [2.24, 2.45) is 5.73 Å². The lowest BCUT2D eigenvalue weighted by atomic mass is 10.1. The maximum absolute atomic E-state index is 6.37. The normalized spacial score (nSPS) is 23.9. The van der Waals surface area contributed by atoms with Crippen molar-refractivity contribution in [3.05, 3.63) is 28.3 Å². The van der Waals surface area contributed by atoms with E-state index in [1.54, 1.807) is 0 Å². The zero-order valence-electron chi connectivity index (χ0n) is 9.79. The summed E-state index contributed by atoms with van der Waals surface area (Å²) in [4.78, 5) is 2.30. The number of morpholine rings is 1. The summed E-state index contributed by atoms with van der Waals surface area (Å²) in [6, 6.07) is 4.44. The zero-order valence-corrected chi connectivity index (χ0v) is 10.5. The summed E-state index contributed by atoms with van der Waals surface area (Å²) in [5.41, 5.74) is 9.79. The molecule has 1 heterocycles. The number of ether oxygens (including phenoxy) is 1.